The predicted molar refractivity (Wildman–Crippen MR) is 78.0 cm³/mol. The standard InChI is InChI=1S/C16H12BrNO/c1-11-6-2-3-7-12(11)14(10-18)16(19)13-8-4-5-9-15(13)17/h2-9,14H,1H3. The molecule has 0 spiro atoms. The highest BCUT2D eigenvalue weighted by Crippen LogP contribution is 2.26. The van der Waals surface area contributed by atoms with Gasteiger partial charge in [0.1, 0.15) is 5.92 Å². The molecule has 0 aliphatic carbocycles. The van der Waals surface area contributed by atoms with E-state index >= 15 is 0 Å². The maximum atomic E-state index is 12.5. The number of ketones is 1. The van der Waals surface area contributed by atoms with Crippen molar-refractivity contribution < 1.29 is 4.79 Å². The van der Waals surface area contributed by atoms with Gasteiger partial charge in [0.2, 0.25) is 0 Å². The van der Waals surface area contributed by atoms with E-state index in [0.717, 1.165) is 11.1 Å². The Balaban J connectivity index is 2.45. The number of nitrogens with zero attached hydrogens (tertiary/aromatic N) is 1. The second-order valence-electron chi connectivity index (χ2n) is 4.26. The number of benzene rings is 2. The SMILES string of the molecule is Cc1ccccc1C(C#N)C(=O)c1ccccc1Br. The van der Waals surface area contributed by atoms with Gasteiger partial charge in [-0.25, -0.2) is 0 Å². The number of Topliss-reactive ketones (excluding diaryl/α,β-unsaturated/α-hetero) is 1. The van der Waals surface area contributed by atoms with Crippen LogP contribution in [0.5, 0.6) is 0 Å². The molecule has 0 aromatic heterocycles. The van der Waals surface area contributed by atoms with Gasteiger partial charge in [-0.1, -0.05) is 58.4 Å². The predicted octanol–water partition coefficient (Wildman–Crippen LogP) is 4.25. The maximum absolute atomic E-state index is 12.5. The minimum Gasteiger partial charge on any atom is -0.292 e. The average molecular weight is 314 g/mol. The molecule has 19 heavy (non-hydrogen) atoms. The minimum atomic E-state index is -0.764. The topological polar surface area (TPSA) is 40.9 Å². The Morgan fingerprint density at radius 3 is 2.42 bits per heavy atom. The molecule has 2 aromatic rings. The lowest BCUT2D eigenvalue weighted by Crippen LogP contribution is -2.13. The monoisotopic (exact) mass is 313 g/mol. The van der Waals surface area contributed by atoms with Crippen molar-refractivity contribution in [1.29, 1.82) is 5.26 Å². The van der Waals surface area contributed by atoms with E-state index in [9.17, 15) is 10.1 Å². The Kier molecular flexibility index (Phi) is 4.13. The third kappa shape index (κ3) is 2.74. The summed E-state index contributed by atoms with van der Waals surface area (Å²) in [5.41, 5.74) is 2.26. The van der Waals surface area contributed by atoms with Gasteiger partial charge < -0.3 is 0 Å². The zero-order valence-electron chi connectivity index (χ0n) is 10.4. The Morgan fingerprint density at radius 1 is 1.16 bits per heavy atom. The summed E-state index contributed by atoms with van der Waals surface area (Å²) in [6, 6.07) is 16.8. The van der Waals surface area contributed by atoms with Crippen LogP contribution in [0.4, 0.5) is 0 Å². The van der Waals surface area contributed by atoms with Gasteiger partial charge in [-0.05, 0) is 24.1 Å². The highest BCUT2D eigenvalue weighted by molar-refractivity contribution is 9.10. The summed E-state index contributed by atoms with van der Waals surface area (Å²) in [4.78, 5) is 12.5. The zero-order chi connectivity index (χ0) is 13.8. The van der Waals surface area contributed by atoms with E-state index in [1.165, 1.54) is 0 Å². The molecule has 0 radical (unpaired) electrons. The van der Waals surface area contributed by atoms with Crippen molar-refractivity contribution in [2.75, 3.05) is 0 Å². The first kappa shape index (κ1) is 13.5. The quantitative estimate of drug-likeness (QED) is 0.795. The number of carbonyl (C=O) groups is 1. The molecule has 0 saturated carbocycles. The molecule has 2 aromatic carbocycles. The van der Waals surface area contributed by atoms with Crippen LogP contribution in [0.3, 0.4) is 0 Å². The summed E-state index contributed by atoms with van der Waals surface area (Å²) >= 11 is 3.36. The Hall–Kier alpha value is -1.92. The molecule has 3 heteroatoms. The third-order valence-corrected chi connectivity index (χ3v) is 3.72. The van der Waals surface area contributed by atoms with Crippen molar-refractivity contribution in [3.05, 3.63) is 69.7 Å². The lowest BCUT2D eigenvalue weighted by atomic mass is 9.89. The van der Waals surface area contributed by atoms with Crippen LogP contribution in [0.25, 0.3) is 0 Å². The summed E-state index contributed by atoms with van der Waals surface area (Å²) in [5.74, 6) is -0.941. The lowest BCUT2D eigenvalue weighted by Gasteiger charge is -2.12. The van der Waals surface area contributed by atoms with Gasteiger partial charge in [-0.3, -0.25) is 4.79 Å². The number of hydrogen-bond donors (Lipinski definition) is 0. The molecule has 2 rings (SSSR count). The molecule has 0 saturated heterocycles. The van der Waals surface area contributed by atoms with Gasteiger partial charge >= 0.3 is 0 Å². The van der Waals surface area contributed by atoms with E-state index in [4.69, 9.17) is 0 Å². The molecular formula is C16H12BrNO. The van der Waals surface area contributed by atoms with Crippen LogP contribution < -0.4 is 0 Å². The molecule has 0 fully saturated rings. The number of nitriles is 1. The Bertz CT molecular complexity index is 658. The van der Waals surface area contributed by atoms with E-state index in [1.807, 2.05) is 37.3 Å². The molecule has 0 amide bonds. The van der Waals surface area contributed by atoms with Crippen molar-refractivity contribution in [3.8, 4) is 6.07 Å². The van der Waals surface area contributed by atoms with Crippen molar-refractivity contribution in [2.45, 2.75) is 12.8 Å². The molecule has 0 bridgehead atoms. The molecule has 0 N–H and O–H groups in total. The second-order valence-corrected chi connectivity index (χ2v) is 5.12. The summed E-state index contributed by atoms with van der Waals surface area (Å²) in [7, 11) is 0. The van der Waals surface area contributed by atoms with Gasteiger partial charge in [-0.15, -0.1) is 0 Å². The zero-order valence-corrected chi connectivity index (χ0v) is 12.0. The number of rotatable bonds is 3. The van der Waals surface area contributed by atoms with Crippen LogP contribution >= 0.6 is 15.9 Å². The molecule has 2 nitrogen and oxygen atoms in total. The third-order valence-electron chi connectivity index (χ3n) is 3.03. The summed E-state index contributed by atoms with van der Waals surface area (Å²) in [6.07, 6.45) is 0. The second kappa shape index (κ2) is 5.81. The maximum Gasteiger partial charge on any atom is 0.185 e. The summed E-state index contributed by atoms with van der Waals surface area (Å²) in [5, 5.41) is 9.34. The van der Waals surface area contributed by atoms with Crippen molar-refractivity contribution in [1.82, 2.24) is 0 Å². The van der Waals surface area contributed by atoms with Crippen LogP contribution in [0.2, 0.25) is 0 Å². The molecule has 0 aliphatic heterocycles. The fourth-order valence-electron chi connectivity index (χ4n) is 2.00. The van der Waals surface area contributed by atoms with E-state index in [-0.39, 0.29) is 5.78 Å². The fourth-order valence-corrected chi connectivity index (χ4v) is 2.48. The van der Waals surface area contributed by atoms with Gasteiger partial charge in [0.05, 0.1) is 6.07 Å². The van der Waals surface area contributed by atoms with Crippen molar-refractivity contribution >= 4 is 21.7 Å². The smallest absolute Gasteiger partial charge is 0.185 e. The number of hydrogen-bond acceptors (Lipinski definition) is 2. The number of halogens is 1. The molecule has 1 atom stereocenters. The minimum absolute atomic E-state index is 0.177. The van der Waals surface area contributed by atoms with E-state index < -0.39 is 5.92 Å². The van der Waals surface area contributed by atoms with Gasteiger partial charge in [-0.2, -0.15) is 5.26 Å². The molecule has 0 aliphatic rings. The Morgan fingerprint density at radius 2 is 1.79 bits per heavy atom. The number of carbonyl (C=O) groups excluding carboxylic acids is 1. The first-order chi connectivity index (χ1) is 9.15. The van der Waals surface area contributed by atoms with Gasteiger partial charge in [0.15, 0.2) is 5.78 Å². The van der Waals surface area contributed by atoms with Crippen LogP contribution in [-0.2, 0) is 0 Å². The first-order valence-corrected chi connectivity index (χ1v) is 6.68. The molecular weight excluding hydrogens is 302 g/mol. The van der Waals surface area contributed by atoms with Crippen LogP contribution in [0, 0.1) is 18.3 Å². The molecule has 94 valence electrons. The van der Waals surface area contributed by atoms with Gasteiger partial charge in [0.25, 0.3) is 0 Å². The summed E-state index contributed by atoms with van der Waals surface area (Å²) < 4.78 is 0.717. The highest BCUT2D eigenvalue weighted by atomic mass is 79.9. The molecule has 1 unspecified atom stereocenters. The van der Waals surface area contributed by atoms with Crippen LogP contribution in [0.15, 0.2) is 53.0 Å². The van der Waals surface area contributed by atoms with Crippen molar-refractivity contribution in [3.63, 3.8) is 0 Å². The van der Waals surface area contributed by atoms with Crippen LogP contribution in [0.1, 0.15) is 27.4 Å². The fraction of sp³-hybridized carbons (Fsp3) is 0.125. The van der Waals surface area contributed by atoms with Crippen molar-refractivity contribution in [2.24, 2.45) is 0 Å². The normalized spacial score (nSPS) is 11.6. The van der Waals surface area contributed by atoms with Gasteiger partial charge in [0, 0.05) is 10.0 Å². The Labute approximate surface area is 120 Å². The van der Waals surface area contributed by atoms with Crippen LogP contribution in [-0.4, -0.2) is 5.78 Å². The lowest BCUT2D eigenvalue weighted by molar-refractivity contribution is 0.0978. The van der Waals surface area contributed by atoms with E-state index in [2.05, 4.69) is 22.0 Å². The largest absolute Gasteiger partial charge is 0.292 e. The summed E-state index contributed by atoms with van der Waals surface area (Å²) in [6.45, 7) is 1.91. The highest BCUT2D eigenvalue weighted by Gasteiger charge is 2.24. The first-order valence-electron chi connectivity index (χ1n) is 5.89. The average Bonchev–Trinajstić information content (AvgIpc) is 2.42. The van der Waals surface area contributed by atoms with E-state index in [0.29, 0.717) is 10.0 Å². The number of aryl methyl sites for hydroxylation is 1. The molecule has 0 heterocycles. The van der Waals surface area contributed by atoms with E-state index in [1.54, 1.807) is 18.2 Å².